The van der Waals surface area contributed by atoms with E-state index in [-0.39, 0.29) is 5.69 Å². The lowest BCUT2D eigenvalue weighted by molar-refractivity contribution is -0.137. The first-order valence-corrected chi connectivity index (χ1v) is 6.57. The van der Waals surface area contributed by atoms with Crippen LogP contribution in [0.5, 0.6) is 0 Å². The summed E-state index contributed by atoms with van der Waals surface area (Å²) >= 11 is 0. The lowest BCUT2D eigenvalue weighted by atomic mass is 10.2. The molecule has 1 rings (SSSR count). The number of carbonyl (C=O) groups is 2. The Balaban J connectivity index is 2.63. The van der Waals surface area contributed by atoms with Gasteiger partial charge in [-0.15, -0.1) is 0 Å². The summed E-state index contributed by atoms with van der Waals surface area (Å²) in [7, 11) is 0. The molecule has 0 heterocycles. The van der Waals surface area contributed by atoms with Gasteiger partial charge in [0.15, 0.2) is 0 Å². The van der Waals surface area contributed by atoms with E-state index in [1.165, 1.54) is 12.1 Å². The molecule has 4 nitrogen and oxygen atoms in total. The van der Waals surface area contributed by atoms with E-state index in [1.54, 1.807) is 6.92 Å². The highest BCUT2D eigenvalue weighted by atomic mass is 19.4. The van der Waals surface area contributed by atoms with Crippen LogP contribution < -0.4 is 5.32 Å². The van der Waals surface area contributed by atoms with Crippen molar-refractivity contribution in [2.45, 2.75) is 32.0 Å². The topological polar surface area (TPSA) is 66.4 Å². The van der Waals surface area contributed by atoms with E-state index < -0.39 is 29.5 Å². The number of ketones is 1. The number of allylic oxidation sites excluding steroid dienone is 1. The third-order valence-electron chi connectivity index (χ3n) is 2.69. The van der Waals surface area contributed by atoms with Crippen LogP contribution in [0.25, 0.3) is 0 Å². The van der Waals surface area contributed by atoms with Crippen molar-refractivity contribution in [3.8, 4) is 0 Å². The predicted octanol–water partition coefficient (Wildman–Crippen LogP) is 2.93. The van der Waals surface area contributed by atoms with Gasteiger partial charge in [-0.1, -0.05) is 12.1 Å². The van der Waals surface area contributed by atoms with Crippen molar-refractivity contribution in [2.75, 3.05) is 5.32 Å². The minimum Gasteiger partial charge on any atom is -0.393 e. The number of alkyl halides is 3. The second-order valence-electron chi connectivity index (χ2n) is 4.73. The average Bonchev–Trinajstić information content (AvgIpc) is 2.42. The first-order chi connectivity index (χ1) is 10.2. The molecule has 0 saturated heterocycles. The molecule has 1 amide bonds. The Bertz CT molecular complexity index is 565. The van der Waals surface area contributed by atoms with Crippen LogP contribution in [-0.2, 0) is 15.8 Å². The van der Waals surface area contributed by atoms with Crippen LogP contribution in [-0.4, -0.2) is 22.9 Å². The molecule has 0 fully saturated rings. The van der Waals surface area contributed by atoms with Gasteiger partial charge in [0.2, 0.25) is 5.78 Å². The smallest absolute Gasteiger partial charge is 0.393 e. The number of carbonyl (C=O) groups excluding carboxylic acids is 2. The maximum absolute atomic E-state index is 12.5. The van der Waals surface area contributed by atoms with Gasteiger partial charge in [-0.05, 0) is 44.0 Å². The van der Waals surface area contributed by atoms with Crippen molar-refractivity contribution in [3.05, 3.63) is 42.0 Å². The second-order valence-corrected chi connectivity index (χ2v) is 4.73. The highest BCUT2D eigenvalue weighted by Gasteiger charge is 2.30. The van der Waals surface area contributed by atoms with E-state index in [1.807, 2.05) is 0 Å². The van der Waals surface area contributed by atoms with E-state index in [9.17, 15) is 22.8 Å². The van der Waals surface area contributed by atoms with E-state index in [0.717, 1.165) is 24.3 Å². The molecule has 22 heavy (non-hydrogen) atoms. The highest BCUT2D eigenvalue weighted by molar-refractivity contribution is 6.44. The van der Waals surface area contributed by atoms with Crippen LogP contribution in [0.2, 0.25) is 0 Å². The molecule has 0 aliphatic rings. The van der Waals surface area contributed by atoms with Crippen LogP contribution >= 0.6 is 0 Å². The molecule has 0 aliphatic carbocycles. The van der Waals surface area contributed by atoms with Crippen molar-refractivity contribution in [3.63, 3.8) is 0 Å². The summed E-state index contributed by atoms with van der Waals surface area (Å²) in [4.78, 5) is 23.0. The maximum atomic E-state index is 12.5. The minimum absolute atomic E-state index is 0.106. The Hall–Kier alpha value is -2.15. The summed E-state index contributed by atoms with van der Waals surface area (Å²) in [5, 5.41) is 11.1. The number of halogens is 3. The van der Waals surface area contributed by atoms with Crippen molar-refractivity contribution in [2.24, 2.45) is 0 Å². The van der Waals surface area contributed by atoms with Crippen LogP contribution in [0.3, 0.4) is 0 Å². The van der Waals surface area contributed by atoms with Gasteiger partial charge in [0.05, 0.1) is 11.7 Å². The molecule has 1 atom stereocenters. The normalized spacial score (nSPS) is 13.1. The van der Waals surface area contributed by atoms with Crippen LogP contribution in [0.4, 0.5) is 18.9 Å². The molecular weight excluding hydrogens is 299 g/mol. The Morgan fingerprint density at radius 1 is 1.36 bits per heavy atom. The molecule has 0 bridgehead atoms. The van der Waals surface area contributed by atoms with E-state index >= 15 is 0 Å². The molecule has 0 aromatic heterocycles. The molecule has 2 N–H and O–H groups in total. The number of hydrogen-bond acceptors (Lipinski definition) is 3. The molecule has 0 spiro atoms. The summed E-state index contributed by atoms with van der Waals surface area (Å²) in [5.41, 5.74) is -1.02. The zero-order valence-corrected chi connectivity index (χ0v) is 11.9. The molecule has 1 aromatic rings. The molecule has 120 valence electrons. The summed E-state index contributed by atoms with van der Waals surface area (Å²) < 4.78 is 37.6. The third-order valence-corrected chi connectivity index (χ3v) is 2.69. The molecule has 1 aromatic carbocycles. The van der Waals surface area contributed by atoms with Crippen molar-refractivity contribution >= 4 is 17.4 Å². The fourth-order valence-corrected chi connectivity index (χ4v) is 1.57. The summed E-state index contributed by atoms with van der Waals surface area (Å²) in [6.07, 6.45) is -1.71. The standard InChI is InChI=1S/C15H16F3NO3/c1-10(20)5-2-3-8-13(21)14(22)19-12-7-4-6-11(9-12)15(16,17)18/h3-4,6-10,20H,2,5H2,1H3,(H,19,22)/b8-3+. The highest BCUT2D eigenvalue weighted by Crippen LogP contribution is 2.30. The van der Waals surface area contributed by atoms with Crippen molar-refractivity contribution in [1.29, 1.82) is 0 Å². The number of rotatable bonds is 6. The largest absolute Gasteiger partial charge is 0.416 e. The van der Waals surface area contributed by atoms with Gasteiger partial charge in [0, 0.05) is 5.69 Å². The number of aliphatic hydroxyl groups is 1. The Morgan fingerprint density at radius 3 is 2.64 bits per heavy atom. The van der Waals surface area contributed by atoms with Crippen LogP contribution in [0.1, 0.15) is 25.3 Å². The number of benzene rings is 1. The van der Waals surface area contributed by atoms with Gasteiger partial charge in [0.1, 0.15) is 0 Å². The minimum atomic E-state index is -4.52. The fraction of sp³-hybridized carbons (Fsp3) is 0.333. The number of nitrogens with one attached hydrogen (secondary N) is 1. The SMILES string of the molecule is CC(O)CC/C=C/C(=O)C(=O)Nc1cccc(C(F)(F)F)c1. The maximum Gasteiger partial charge on any atom is 0.416 e. The quantitative estimate of drug-likeness (QED) is 0.626. The summed E-state index contributed by atoms with van der Waals surface area (Å²) in [5.74, 6) is -1.89. The Kier molecular flexibility index (Phi) is 6.30. The van der Waals surface area contributed by atoms with E-state index in [0.29, 0.717) is 12.8 Å². The molecule has 0 saturated carbocycles. The van der Waals surface area contributed by atoms with Crippen molar-refractivity contribution in [1.82, 2.24) is 0 Å². The molecule has 0 aliphatic heterocycles. The first-order valence-electron chi connectivity index (χ1n) is 6.57. The first kappa shape index (κ1) is 17.9. The van der Waals surface area contributed by atoms with E-state index in [2.05, 4.69) is 5.32 Å². The zero-order chi connectivity index (χ0) is 16.8. The van der Waals surface area contributed by atoms with Gasteiger partial charge < -0.3 is 10.4 Å². The van der Waals surface area contributed by atoms with Gasteiger partial charge >= 0.3 is 6.18 Å². The summed E-state index contributed by atoms with van der Waals surface area (Å²) in [6, 6.07) is 4.02. The average molecular weight is 315 g/mol. The van der Waals surface area contributed by atoms with Gasteiger partial charge in [-0.2, -0.15) is 13.2 Å². The third kappa shape index (κ3) is 6.09. The Labute approximate surface area is 125 Å². The van der Waals surface area contributed by atoms with Gasteiger partial charge in [-0.25, -0.2) is 0 Å². The number of amides is 1. The van der Waals surface area contributed by atoms with E-state index in [4.69, 9.17) is 5.11 Å². The molecule has 1 unspecified atom stereocenters. The Morgan fingerprint density at radius 2 is 2.05 bits per heavy atom. The summed E-state index contributed by atoms with van der Waals surface area (Å²) in [6.45, 7) is 1.59. The zero-order valence-electron chi connectivity index (χ0n) is 11.9. The monoisotopic (exact) mass is 315 g/mol. The number of aliphatic hydroxyl groups excluding tert-OH is 1. The molecule has 0 radical (unpaired) electrons. The second kappa shape index (κ2) is 7.74. The van der Waals surface area contributed by atoms with Crippen molar-refractivity contribution < 1.29 is 27.9 Å². The molecule has 7 heteroatoms. The van der Waals surface area contributed by atoms with Gasteiger partial charge in [-0.3, -0.25) is 9.59 Å². The molecular formula is C15H16F3NO3. The lowest BCUT2D eigenvalue weighted by Gasteiger charge is -2.09. The lowest BCUT2D eigenvalue weighted by Crippen LogP contribution is -2.21. The van der Waals surface area contributed by atoms with Crippen LogP contribution in [0, 0.1) is 0 Å². The number of anilines is 1. The van der Waals surface area contributed by atoms with Gasteiger partial charge in [0.25, 0.3) is 5.91 Å². The number of hydrogen-bond donors (Lipinski definition) is 2. The fourth-order valence-electron chi connectivity index (χ4n) is 1.57. The predicted molar refractivity (Wildman–Crippen MR) is 75.1 cm³/mol. The van der Waals surface area contributed by atoms with Crippen LogP contribution in [0.15, 0.2) is 36.4 Å².